The summed E-state index contributed by atoms with van der Waals surface area (Å²) in [5.74, 6) is -1.58. The lowest BCUT2D eigenvalue weighted by molar-refractivity contribution is -0.137. The van der Waals surface area contributed by atoms with Crippen LogP contribution in [0.5, 0.6) is 5.75 Å². The van der Waals surface area contributed by atoms with E-state index in [1.54, 1.807) is 24.3 Å². The third-order valence-corrected chi connectivity index (χ3v) is 3.22. The summed E-state index contributed by atoms with van der Waals surface area (Å²) in [6.07, 6.45) is -3.24. The van der Waals surface area contributed by atoms with Gasteiger partial charge in [0.2, 0.25) is 0 Å². The van der Waals surface area contributed by atoms with E-state index in [0.717, 1.165) is 18.2 Å². The van der Waals surface area contributed by atoms with Gasteiger partial charge in [-0.15, -0.1) is 0 Å². The third-order valence-electron chi connectivity index (χ3n) is 3.22. The van der Waals surface area contributed by atoms with E-state index in [1.165, 1.54) is 12.3 Å². The molecule has 0 unspecified atom stereocenters. The quantitative estimate of drug-likeness (QED) is 0.476. The molecule has 0 aliphatic carbocycles. The second-order valence-corrected chi connectivity index (χ2v) is 5.23. The van der Waals surface area contributed by atoms with E-state index in [-0.39, 0.29) is 5.69 Å². The molecule has 9 heteroatoms. The van der Waals surface area contributed by atoms with Crippen molar-refractivity contribution in [3.05, 3.63) is 59.7 Å². The van der Waals surface area contributed by atoms with Gasteiger partial charge in [-0.25, -0.2) is 5.43 Å². The lowest BCUT2D eigenvalue weighted by atomic mass is 10.2. The molecule has 0 bridgehead atoms. The molecule has 2 aromatic rings. The van der Waals surface area contributed by atoms with E-state index in [4.69, 9.17) is 4.74 Å². The Labute approximate surface area is 153 Å². The van der Waals surface area contributed by atoms with E-state index in [1.807, 2.05) is 12.3 Å². The number of rotatable bonds is 5. The van der Waals surface area contributed by atoms with E-state index >= 15 is 0 Å². The molecule has 0 heterocycles. The van der Waals surface area contributed by atoms with Crippen molar-refractivity contribution < 1.29 is 27.5 Å². The van der Waals surface area contributed by atoms with Gasteiger partial charge in [-0.3, -0.25) is 9.59 Å². The largest absolute Gasteiger partial charge is 0.494 e. The Hall–Kier alpha value is -3.36. The van der Waals surface area contributed by atoms with Crippen LogP contribution < -0.4 is 15.5 Å². The number of anilines is 1. The molecular formula is C18H16F3N3O3. The highest BCUT2D eigenvalue weighted by Gasteiger charge is 2.30. The number of nitrogens with zero attached hydrogens (tertiary/aromatic N) is 1. The van der Waals surface area contributed by atoms with Gasteiger partial charge in [0.25, 0.3) is 0 Å². The molecule has 2 amide bonds. The molecule has 0 saturated carbocycles. The average molecular weight is 379 g/mol. The molecular weight excluding hydrogens is 363 g/mol. The Balaban J connectivity index is 1.91. The number of hydrogen-bond donors (Lipinski definition) is 2. The number of benzene rings is 2. The monoisotopic (exact) mass is 379 g/mol. The Kier molecular flexibility index (Phi) is 6.53. The Morgan fingerprint density at radius 2 is 1.81 bits per heavy atom. The normalized spacial score (nSPS) is 11.3. The number of hydrogen-bond acceptors (Lipinski definition) is 4. The van der Waals surface area contributed by atoms with Gasteiger partial charge in [-0.1, -0.05) is 6.07 Å². The highest BCUT2D eigenvalue weighted by Crippen LogP contribution is 2.30. The smallest absolute Gasteiger partial charge is 0.416 e. The average Bonchev–Trinajstić information content (AvgIpc) is 2.63. The number of amides is 2. The number of alkyl halides is 3. The van der Waals surface area contributed by atoms with E-state index < -0.39 is 23.6 Å². The molecule has 0 spiro atoms. The number of carbonyl (C=O) groups is 2. The van der Waals surface area contributed by atoms with Crippen molar-refractivity contribution in [3.63, 3.8) is 0 Å². The van der Waals surface area contributed by atoms with Gasteiger partial charge in [-0.05, 0) is 55.0 Å². The second kappa shape index (κ2) is 8.84. The molecule has 0 aromatic heterocycles. The van der Waals surface area contributed by atoms with Crippen molar-refractivity contribution in [1.82, 2.24) is 5.43 Å². The van der Waals surface area contributed by atoms with E-state index in [9.17, 15) is 22.8 Å². The lowest BCUT2D eigenvalue weighted by Crippen LogP contribution is -2.32. The molecule has 2 aromatic carbocycles. The van der Waals surface area contributed by atoms with Crippen LogP contribution in [0.25, 0.3) is 0 Å². The van der Waals surface area contributed by atoms with Gasteiger partial charge in [0.1, 0.15) is 5.75 Å². The van der Waals surface area contributed by atoms with Crippen LogP contribution in [0.3, 0.4) is 0 Å². The summed E-state index contributed by atoms with van der Waals surface area (Å²) in [4.78, 5) is 23.4. The molecule has 2 rings (SSSR count). The van der Waals surface area contributed by atoms with Crippen LogP contribution in [0, 0.1) is 0 Å². The lowest BCUT2D eigenvalue weighted by Gasteiger charge is -2.09. The first-order chi connectivity index (χ1) is 12.8. The highest BCUT2D eigenvalue weighted by atomic mass is 19.4. The van der Waals surface area contributed by atoms with Crippen LogP contribution in [-0.4, -0.2) is 24.6 Å². The Bertz CT molecular complexity index is 834. The fraction of sp³-hybridized carbons (Fsp3) is 0.167. The molecule has 0 fully saturated rings. The summed E-state index contributed by atoms with van der Waals surface area (Å²) in [6.45, 7) is 2.39. The topological polar surface area (TPSA) is 79.8 Å². The summed E-state index contributed by atoms with van der Waals surface area (Å²) in [7, 11) is 0. The number of carbonyl (C=O) groups excluding carboxylic acids is 2. The van der Waals surface area contributed by atoms with Crippen molar-refractivity contribution in [1.29, 1.82) is 0 Å². The van der Waals surface area contributed by atoms with Crippen molar-refractivity contribution in [2.24, 2.45) is 5.10 Å². The maximum Gasteiger partial charge on any atom is 0.416 e. The molecule has 0 radical (unpaired) electrons. The van der Waals surface area contributed by atoms with Crippen LogP contribution in [0.4, 0.5) is 18.9 Å². The van der Waals surface area contributed by atoms with Gasteiger partial charge in [0.05, 0.1) is 18.4 Å². The summed E-state index contributed by atoms with van der Waals surface area (Å²) in [5.41, 5.74) is 1.56. The van der Waals surface area contributed by atoms with Crippen molar-refractivity contribution >= 4 is 23.7 Å². The van der Waals surface area contributed by atoms with Crippen molar-refractivity contribution in [3.8, 4) is 5.75 Å². The second-order valence-electron chi connectivity index (χ2n) is 5.23. The summed E-state index contributed by atoms with van der Waals surface area (Å²) in [5, 5.41) is 5.71. The van der Waals surface area contributed by atoms with Crippen LogP contribution >= 0.6 is 0 Å². The number of nitrogens with one attached hydrogen (secondary N) is 2. The predicted molar refractivity (Wildman–Crippen MR) is 93.4 cm³/mol. The van der Waals surface area contributed by atoms with Crippen molar-refractivity contribution in [2.45, 2.75) is 13.1 Å². The fourth-order valence-corrected chi connectivity index (χ4v) is 1.99. The van der Waals surface area contributed by atoms with E-state index in [0.29, 0.717) is 17.9 Å². The number of hydrazone groups is 1. The van der Waals surface area contributed by atoms with Gasteiger partial charge >= 0.3 is 18.0 Å². The third kappa shape index (κ3) is 6.14. The first-order valence-electron chi connectivity index (χ1n) is 7.84. The van der Waals surface area contributed by atoms with Crippen LogP contribution in [0.1, 0.15) is 18.1 Å². The maximum absolute atomic E-state index is 12.6. The van der Waals surface area contributed by atoms with Gasteiger partial charge in [-0.2, -0.15) is 18.3 Å². The van der Waals surface area contributed by atoms with Crippen molar-refractivity contribution in [2.75, 3.05) is 11.9 Å². The zero-order valence-electron chi connectivity index (χ0n) is 14.2. The standard InChI is InChI=1S/C18H16F3N3O3/c1-2-27-15-8-6-12(7-9-15)11-22-24-17(26)16(25)23-14-5-3-4-13(10-14)18(19,20)21/h3-11H,2H2,1H3,(H,23,25)(H,24,26). The van der Waals surface area contributed by atoms with Crippen LogP contribution in [0.2, 0.25) is 0 Å². The van der Waals surface area contributed by atoms with Gasteiger partial charge < -0.3 is 10.1 Å². The molecule has 0 aliphatic heterocycles. The minimum atomic E-state index is -4.55. The molecule has 0 saturated heterocycles. The SMILES string of the molecule is CCOc1ccc(C=NNC(=O)C(=O)Nc2cccc(C(F)(F)F)c2)cc1. The van der Waals surface area contributed by atoms with Gasteiger partial charge in [0, 0.05) is 5.69 Å². The fourth-order valence-electron chi connectivity index (χ4n) is 1.99. The first kappa shape index (κ1) is 20.0. The predicted octanol–water partition coefficient (Wildman–Crippen LogP) is 3.19. The first-order valence-corrected chi connectivity index (χ1v) is 7.84. The minimum absolute atomic E-state index is 0.152. The molecule has 2 N–H and O–H groups in total. The number of ether oxygens (including phenoxy) is 1. The van der Waals surface area contributed by atoms with E-state index in [2.05, 4.69) is 10.4 Å². The molecule has 6 nitrogen and oxygen atoms in total. The van der Waals surface area contributed by atoms with Crippen LogP contribution in [-0.2, 0) is 15.8 Å². The maximum atomic E-state index is 12.6. The zero-order valence-corrected chi connectivity index (χ0v) is 14.2. The zero-order chi connectivity index (χ0) is 19.9. The molecule has 0 aliphatic rings. The summed E-state index contributed by atoms with van der Waals surface area (Å²) in [6, 6.07) is 10.8. The summed E-state index contributed by atoms with van der Waals surface area (Å²) >= 11 is 0. The summed E-state index contributed by atoms with van der Waals surface area (Å²) < 4.78 is 43.2. The minimum Gasteiger partial charge on any atom is -0.494 e. The molecule has 27 heavy (non-hydrogen) atoms. The van der Waals surface area contributed by atoms with Gasteiger partial charge in [0.15, 0.2) is 0 Å². The Morgan fingerprint density at radius 3 is 2.44 bits per heavy atom. The Morgan fingerprint density at radius 1 is 1.11 bits per heavy atom. The molecule has 0 atom stereocenters. The molecule has 142 valence electrons. The van der Waals surface area contributed by atoms with Crippen LogP contribution in [0.15, 0.2) is 53.6 Å². The highest BCUT2D eigenvalue weighted by molar-refractivity contribution is 6.39. The number of halogens is 3.